The number of aromatic nitrogens is 2. The molecule has 3 heteroatoms. The molecule has 0 aliphatic carbocycles. The lowest BCUT2D eigenvalue weighted by Gasteiger charge is -2.05. The molecule has 2 N–H and O–H groups in total. The van der Waals surface area contributed by atoms with Crippen LogP contribution in [0.4, 0.5) is 5.82 Å². The largest absolute Gasteiger partial charge is 0.384 e. The van der Waals surface area contributed by atoms with Crippen LogP contribution in [-0.2, 0) is 19.9 Å². The van der Waals surface area contributed by atoms with E-state index in [4.69, 9.17) is 5.73 Å². The minimum absolute atomic E-state index is 0.636. The van der Waals surface area contributed by atoms with Gasteiger partial charge in [-0.2, -0.15) is 5.10 Å². The van der Waals surface area contributed by atoms with Gasteiger partial charge >= 0.3 is 0 Å². The van der Waals surface area contributed by atoms with E-state index in [-0.39, 0.29) is 0 Å². The zero-order chi connectivity index (χ0) is 10.7. The standard InChI is InChI=1S/C11H21N3/c1-5-6-10-9(7-8(2)3)11(12)14(4)13-10/h8H,5-7,12H2,1-4H3. The molecule has 0 saturated carbocycles. The van der Waals surface area contributed by atoms with Crippen molar-refractivity contribution in [3.63, 3.8) is 0 Å². The summed E-state index contributed by atoms with van der Waals surface area (Å²) in [6, 6.07) is 0. The summed E-state index contributed by atoms with van der Waals surface area (Å²) >= 11 is 0. The molecule has 1 heterocycles. The molecule has 1 rings (SSSR count). The molecule has 0 bridgehead atoms. The fourth-order valence-electron chi connectivity index (χ4n) is 1.71. The third-order valence-corrected chi connectivity index (χ3v) is 2.38. The predicted molar refractivity (Wildman–Crippen MR) is 60.2 cm³/mol. The number of nitrogens with zero attached hydrogens (tertiary/aromatic N) is 2. The fraction of sp³-hybridized carbons (Fsp3) is 0.727. The lowest BCUT2D eigenvalue weighted by atomic mass is 10.0. The van der Waals surface area contributed by atoms with Gasteiger partial charge in [0, 0.05) is 12.6 Å². The summed E-state index contributed by atoms with van der Waals surface area (Å²) in [7, 11) is 1.92. The van der Waals surface area contributed by atoms with Crippen LogP contribution in [0, 0.1) is 5.92 Å². The van der Waals surface area contributed by atoms with Crippen LogP contribution >= 0.6 is 0 Å². The molecule has 0 spiro atoms. The van der Waals surface area contributed by atoms with Crippen molar-refractivity contribution in [1.82, 2.24) is 9.78 Å². The number of rotatable bonds is 4. The van der Waals surface area contributed by atoms with E-state index in [0.29, 0.717) is 5.92 Å². The maximum Gasteiger partial charge on any atom is 0.124 e. The van der Waals surface area contributed by atoms with E-state index in [1.165, 1.54) is 11.3 Å². The Hall–Kier alpha value is -0.990. The zero-order valence-corrected chi connectivity index (χ0v) is 9.67. The van der Waals surface area contributed by atoms with Gasteiger partial charge in [-0.05, 0) is 18.8 Å². The Balaban J connectivity index is 2.97. The Kier molecular flexibility index (Phi) is 3.55. The highest BCUT2D eigenvalue weighted by Gasteiger charge is 2.13. The van der Waals surface area contributed by atoms with Gasteiger partial charge in [-0.1, -0.05) is 27.2 Å². The quantitative estimate of drug-likeness (QED) is 0.800. The van der Waals surface area contributed by atoms with Gasteiger partial charge < -0.3 is 5.73 Å². The number of hydrogen-bond donors (Lipinski definition) is 1. The number of nitrogens with two attached hydrogens (primary N) is 1. The van der Waals surface area contributed by atoms with Gasteiger partial charge in [-0.3, -0.25) is 4.68 Å². The first kappa shape index (κ1) is 11.1. The summed E-state index contributed by atoms with van der Waals surface area (Å²) < 4.78 is 1.79. The van der Waals surface area contributed by atoms with Crippen LogP contribution in [0.1, 0.15) is 38.4 Å². The number of nitrogen functional groups attached to an aromatic ring is 1. The molecule has 1 aromatic rings. The van der Waals surface area contributed by atoms with Crippen molar-refractivity contribution in [1.29, 1.82) is 0 Å². The van der Waals surface area contributed by atoms with Crippen molar-refractivity contribution in [3.05, 3.63) is 11.3 Å². The van der Waals surface area contributed by atoms with Crippen molar-refractivity contribution in [2.75, 3.05) is 5.73 Å². The van der Waals surface area contributed by atoms with Crippen LogP contribution in [0.2, 0.25) is 0 Å². The van der Waals surface area contributed by atoms with Crippen molar-refractivity contribution < 1.29 is 0 Å². The topological polar surface area (TPSA) is 43.8 Å². The van der Waals surface area contributed by atoms with E-state index in [0.717, 1.165) is 25.1 Å². The highest BCUT2D eigenvalue weighted by atomic mass is 15.3. The Labute approximate surface area is 86.3 Å². The first-order valence-corrected chi connectivity index (χ1v) is 5.36. The zero-order valence-electron chi connectivity index (χ0n) is 9.67. The lowest BCUT2D eigenvalue weighted by molar-refractivity contribution is 0.642. The molecule has 0 aliphatic heterocycles. The molecular weight excluding hydrogens is 174 g/mol. The molecule has 80 valence electrons. The average Bonchev–Trinajstić information content (AvgIpc) is 2.33. The summed E-state index contributed by atoms with van der Waals surface area (Å²) in [5.41, 5.74) is 8.42. The molecule has 0 aliphatic rings. The molecular formula is C11H21N3. The van der Waals surface area contributed by atoms with Gasteiger partial charge in [-0.15, -0.1) is 0 Å². The van der Waals surface area contributed by atoms with Crippen molar-refractivity contribution in [3.8, 4) is 0 Å². The number of hydrogen-bond acceptors (Lipinski definition) is 2. The normalized spacial score (nSPS) is 11.2. The van der Waals surface area contributed by atoms with E-state index >= 15 is 0 Å². The minimum atomic E-state index is 0.636. The molecule has 0 radical (unpaired) electrons. The van der Waals surface area contributed by atoms with E-state index < -0.39 is 0 Å². The first-order valence-electron chi connectivity index (χ1n) is 5.36. The Morgan fingerprint density at radius 2 is 2.07 bits per heavy atom. The van der Waals surface area contributed by atoms with Crippen LogP contribution in [0.3, 0.4) is 0 Å². The Morgan fingerprint density at radius 1 is 1.43 bits per heavy atom. The molecule has 1 aromatic heterocycles. The molecule has 0 aromatic carbocycles. The molecule has 0 amide bonds. The average molecular weight is 195 g/mol. The van der Waals surface area contributed by atoms with E-state index in [2.05, 4.69) is 25.9 Å². The Morgan fingerprint density at radius 3 is 2.57 bits per heavy atom. The molecule has 0 saturated heterocycles. The summed E-state index contributed by atoms with van der Waals surface area (Å²) in [5, 5.41) is 4.44. The highest BCUT2D eigenvalue weighted by molar-refractivity contribution is 5.43. The second-order valence-electron chi connectivity index (χ2n) is 4.28. The second kappa shape index (κ2) is 4.49. The monoisotopic (exact) mass is 195 g/mol. The summed E-state index contributed by atoms with van der Waals surface area (Å²) in [5.74, 6) is 1.47. The van der Waals surface area contributed by atoms with Crippen molar-refractivity contribution in [2.45, 2.75) is 40.0 Å². The van der Waals surface area contributed by atoms with Gasteiger partial charge in [0.1, 0.15) is 5.82 Å². The van der Waals surface area contributed by atoms with Crippen molar-refractivity contribution >= 4 is 5.82 Å². The van der Waals surface area contributed by atoms with Crippen LogP contribution in [0.5, 0.6) is 0 Å². The summed E-state index contributed by atoms with van der Waals surface area (Å²) in [4.78, 5) is 0. The SMILES string of the molecule is CCCc1nn(C)c(N)c1CC(C)C. The molecule has 0 unspecified atom stereocenters. The summed E-state index contributed by atoms with van der Waals surface area (Å²) in [6.45, 7) is 6.59. The highest BCUT2D eigenvalue weighted by Crippen LogP contribution is 2.20. The Bertz CT molecular complexity index is 300. The molecule has 0 fully saturated rings. The maximum atomic E-state index is 5.98. The predicted octanol–water partition coefficient (Wildman–Crippen LogP) is 2.15. The smallest absolute Gasteiger partial charge is 0.124 e. The van der Waals surface area contributed by atoms with Gasteiger partial charge in [-0.25, -0.2) is 0 Å². The summed E-state index contributed by atoms with van der Waals surface area (Å²) in [6.07, 6.45) is 3.20. The molecule has 3 nitrogen and oxygen atoms in total. The number of aryl methyl sites for hydroxylation is 2. The molecule has 0 atom stereocenters. The number of anilines is 1. The van der Waals surface area contributed by atoms with Gasteiger partial charge in [0.05, 0.1) is 5.69 Å². The molecule has 14 heavy (non-hydrogen) atoms. The van der Waals surface area contributed by atoms with Crippen LogP contribution in [0.15, 0.2) is 0 Å². The minimum Gasteiger partial charge on any atom is -0.384 e. The first-order chi connectivity index (χ1) is 6.56. The van der Waals surface area contributed by atoms with Crippen LogP contribution in [-0.4, -0.2) is 9.78 Å². The van der Waals surface area contributed by atoms with Crippen molar-refractivity contribution in [2.24, 2.45) is 13.0 Å². The van der Waals surface area contributed by atoms with Gasteiger partial charge in [0.25, 0.3) is 0 Å². The van der Waals surface area contributed by atoms with E-state index in [1.54, 1.807) is 4.68 Å². The van der Waals surface area contributed by atoms with Gasteiger partial charge in [0.15, 0.2) is 0 Å². The third kappa shape index (κ3) is 2.28. The van der Waals surface area contributed by atoms with E-state index in [1.807, 2.05) is 7.05 Å². The lowest BCUT2D eigenvalue weighted by Crippen LogP contribution is -2.02. The fourth-order valence-corrected chi connectivity index (χ4v) is 1.71. The van der Waals surface area contributed by atoms with Gasteiger partial charge in [0.2, 0.25) is 0 Å². The third-order valence-electron chi connectivity index (χ3n) is 2.38. The van der Waals surface area contributed by atoms with Crippen LogP contribution in [0.25, 0.3) is 0 Å². The van der Waals surface area contributed by atoms with Crippen LogP contribution < -0.4 is 5.73 Å². The second-order valence-corrected chi connectivity index (χ2v) is 4.28. The van der Waals surface area contributed by atoms with E-state index in [9.17, 15) is 0 Å². The maximum absolute atomic E-state index is 5.98.